The molecule has 0 N–H and O–H groups in total. The van der Waals surface area contributed by atoms with E-state index in [1.807, 2.05) is 42.5 Å². The summed E-state index contributed by atoms with van der Waals surface area (Å²) in [6.45, 7) is 2.77. The predicted molar refractivity (Wildman–Crippen MR) is 99.5 cm³/mol. The number of rotatable bonds is 6. The number of allylic oxidation sites excluding steroid dienone is 1. The van der Waals surface area contributed by atoms with E-state index in [9.17, 15) is 5.26 Å². The number of unbranched alkanes of at least 4 members (excludes halogenated alkanes) is 1. The third-order valence-electron chi connectivity index (χ3n) is 3.30. The minimum absolute atomic E-state index is 0.570. The highest BCUT2D eigenvalue weighted by Gasteiger charge is 2.07. The monoisotopic (exact) mass is 389 g/mol. The minimum Gasteiger partial charge on any atom is -0.493 e. The Bertz CT molecular complexity index is 732. The maximum atomic E-state index is 9.48. The molecule has 0 bridgehead atoms. The van der Waals surface area contributed by atoms with Crippen molar-refractivity contribution < 1.29 is 4.74 Å². The highest BCUT2D eigenvalue weighted by atomic mass is 79.9. The number of halogens is 2. The fraction of sp³-hybridized carbons (Fsp3) is 0.211. The summed E-state index contributed by atoms with van der Waals surface area (Å²) in [4.78, 5) is 0. The van der Waals surface area contributed by atoms with E-state index in [0.29, 0.717) is 17.2 Å². The highest BCUT2D eigenvalue weighted by Crippen LogP contribution is 2.28. The van der Waals surface area contributed by atoms with Crippen molar-refractivity contribution in [3.63, 3.8) is 0 Å². The van der Waals surface area contributed by atoms with Gasteiger partial charge in [-0.25, -0.2) is 0 Å². The number of benzene rings is 2. The molecule has 0 fully saturated rings. The van der Waals surface area contributed by atoms with E-state index in [4.69, 9.17) is 16.3 Å². The van der Waals surface area contributed by atoms with Gasteiger partial charge in [-0.1, -0.05) is 53.0 Å². The van der Waals surface area contributed by atoms with Gasteiger partial charge in [0.15, 0.2) is 0 Å². The second kappa shape index (κ2) is 8.76. The summed E-state index contributed by atoms with van der Waals surface area (Å²) in [5.41, 5.74) is 2.24. The van der Waals surface area contributed by atoms with Crippen molar-refractivity contribution in [3.8, 4) is 11.8 Å². The Hall–Kier alpha value is -1.76. The summed E-state index contributed by atoms with van der Waals surface area (Å²) < 4.78 is 6.79. The summed E-state index contributed by atoms with van der Waals surface area (Å²) in [6, 6.07) is 15.3. The van der Waals surface area contributed by atoms with Crippen molar-refractivity contribution in [2.45, 2.75) is 19.8 Å². The van der Waals surface area contributed by atoms with Gasteiger partial charge in [0, 0.05) is 15.1 Å². The average Bonchev–Trinajstić information content (AvgIpc) is 2.55. The Morgan fingerprint density at radius 1 is 1.26 bits per heavy atom. The Morgan fingerprint density at radius 3 is 2.65 bits per heavy atom. The summed E-state index contributed by atoms with van der Waals surface area (Å²) in [6.07, 6.45) is 3.88. The van der Waals surface area contributed by atoms with E-state index in [-0.39, 0.29) is 0 Å². The van der Waals surface area contributed by atoms with Crippen LogP contribution in [0.3, 0.4) is 0 Å². The van der Waals surface area contributed by atoms with E-state index in [1.54, 1.807) is 6.07 Å². The average molecular weight is 391 g/mol. The van der Waals surface area contributed by atoms with Crippen LogP contribution in [0.15, 0.2) is 46.9 Å². The molecular formula is C19H17BrClNO. The molecule has 2 aromatic rings. The fourth-order valence-corrected chi connectivity index (χ4v) is 2.50. The van der Waals surface area contributed by atoms with Crippen LogP contribution in [-0.4, -0.2) is 6.61 Å². The molecule has 2 aromatic carbocycles. The van der Waals surface area contributed by atoms with E-state index in [0.717, 1.165) is 34.2 Å². The van der Waals surface area contributed by atoms with Crippen LogP contribution in [0.4, 0.5) is 0 Å². The Morgan fingerprint density at radius 2 is 2.00 bits per heavy atom. The minimum atomic E-state index is 0.570. The molecule has 0 spiro atoms. The SMILES string of the molecule is CCCCOc1ccc(Cl)cc1/C=C(\C#N)c1ccc(Br)cc1. The first-order valence-corrected chi connectivity index (χ1v) is 8.61. The van der Waals surface area contributed by atoms with Gasteiger partial charge < -0.3 is 4.74 Å². The van der Waals surface area contributed by atoms with Crippen LogP contribution in [0.2, 0.25) is 5.02 Å². The van der Waals surface area contributed by atoms with Crippen LogP contribution < -0.4 is 4.74 Å². The molecule has 4 heteroatoms. The Labute approximate surface area is 150 Å². The molecule has 0 saturated heterocycles. The lowest BCUT2D eigenvalue weighted by molar-refractivity contribution is 0.309. The van der Waals surface area contributed by atoms with E-state index < -0.39 is 0 Å². The molecule has 0 unspecified atom stereocenters. The van der Waals surface area contributed by atoms with Gasteiger partial charge in [0.2, 0.25) is 0 Å². The molecule has 0 atom stereocenters. The summed E-state index contributed by atoms with van der Waals surface area (Å²) in [5, 5.41) is 10.1. The van der Waals surface area contributed by atoms with Gasteiger partial charge in [-0.05, 0) is 48.4 Å². The van der Waals surface area contributed by atoms with Gasteiger partial charge in [-0.3, -0.25) is 0 Å². The van der Waals surface area contributed by atoms with Crippen molar-refractivity contribution in [3.05, 3.63) is 63.1 Å². The summed E-state index contributed by atoms with van der Waals surface area (Å²) >= 11 is 9.50. The zero-order chi connectivity index (χ0) is 16.7. The van der Waals surface area contributed by atoms with Crippen LogP contribution in [0.5, 0.6) is 5.75 Å². The number of hydrogen-bond acceptors (Lipinski definition) is 2. The Balaban J connectivity index is 2.36. The Kier molecular flexibility index (Phi) is 6.70. The largest absolute Gasteiger partial charge is 0.493 e. The zero-order valence-corrected chi connectivity index (χ0v) is 15.2. The fourth-order valence-electron chi connectivity index (χ4n) is 2.06. The first-order chi connectivity index (χ1) is 11.1. The molecule has 0 saturated carbocycles. The van der Waals surface area contributed by atoms with E-state index in [1.165, 1.54) is 0 Å². The molecule has 23 heavy (non-hydrogen) atoms. The molecule has 0 aromatic heterocycles. The lowest BCUT2D eigenvalue weighted by Gasteiger charge is -2.10. The summed E-state index contributed by atoms with van der Waals surface area (Å²) in [5.74, 6) is 0.743. The van der Waals surface area contributed by atoms with Gasteiger partial charge in [0.1, 0.15) is 5.75 Å². The third-order valence-corrected chi connectivity index (χ3v) is 4.07. The third kappa shape index (κ3) is 5.13. The molecule has 2 nitrogen and oxygen atoms in total. The van der Waals surface area contributed by atoms with Gasteiger partial charge in [-0.15, -0.1) is 0 Å². The maximum absolute atomic E-state index is 9.48. The second-order valence-electron chi connectivity index (χ2n) is 5.06. The lowest BCUT2D eigenvalue weighted by atomic mass is 10.0. The first kappa shape index (κ1) is 17.6. The molecule has 2 rings (SSSR count). The standard InChI is InChI=1S/C19H17BrClNO/c1-2-3-10-23-19-9-8-18(21)12-15(19)11-16(13-22)14-4-6-17(20)7-5-14/h4-9,11-12H,2-3,10H2,1H3/b16-11+. The number of nitriles is 1. The highest BCUT2D eigenvalue weighted by molar-refractivity contribution is 9.10. The van der Waals surface area contributed by atoms with Gasteiger partial charge in [0.05, 0.1) is 18.2 Å². The predicted octanol–water partition coefficient (Wildman–Crippen LogP) is 6.35. The van der Waals surface area contributed by atoms with Crippen LogP contribution in [-0.2, 0) is 0 Å². The smallest absolute Gasteiger partial charge is 0.126 e. The number of nitrogens with zero attached hydrogens (tertiary/aromatic N) is 1. The number of hydrogen-bond donors (Lipinski definition) is 0. The zero-order valence-electron chi connectivity index (χ0n) is 12.9. The van der Waals surface area contributed by atoms with Crippen molar-refractivity contribution in [2.24, 2.45) is 0 Å². The number of ether oxygens (including phenoxy) is 1. The van der Waals surface area contributed by atoms with Gasteiger partial charge >= 0.3 is 0 Å². The van der Waals surface area contributed by atoms with Crippen molar-refractivity contribution >= 4 is 39.2 Å². The quantitative estimate of drug-likeness (QED) is 0.327. The van der Waals surface area contributed by atoms with Crippen molar-refractivity contribution in [1.29, 1.82) is 5.26 Å². The maximum Gasteiger partial charge on any atom is 0.126 e. The molecule has 0 radical (unpaired) electrons. The molecule has 0 aliphatic heterocycles. The molecule has 0 aliphatic carbocycles. The van der Waals surface area contributed by atoms with E-state index >= 15 is 0 Å². The molecule has 118 valence electrons. The molecule has 0 amide bonds. The van der Waals surface area contributed by atoms with Crippen molar-refractivity contribution in [2.75, 3.05) is 6.61 Å². The van der Waals surface area contributed by atoms with Crippen LogP contribution in [0, 0.1) is 11.3 Å². The molecule has 0 aliphatic rings. The second-order valence-corrected chi connectivity index (χ2v) is 6.41. The normalized spacial score (nSPS) is 11.1. The lowest BCUT2D eigenvalue weighted by Crippen LogP contribution is -1.98. The van der Waals surface area contributed by atoms with Gasteiger partial charge in [0.25, 0.3) is 0 Å². The first-order valence-electron chi connectivity index (χ1n) is 7.44. The van der Waals surface area contributed by atoms with Crippen molar-refractivity contribution in [1.82, 2.24) is 0 Å². The van der Waals surface area contributed by atoms with E-state index in [2.05, 4.69) is 28.9 Å². The van der Waals surface area contributed by atoms with Crippen LogP contribution >= 0.6 is 27.5 Å². The molecular weight excluding hydrogens is 374 g/mol. The van der Waals surface area contributed by atoms with Gasteiger partial charge in [-0.2, -0.15) is 5.26 Å². The molecule has 0 heterocycles. The summed E-state index contributed by atoms with van der Waals surface area (Å²) in [7, 11) is 0. The topological polar surface area (TPSA) is 33.0 Å². The van der Waals surface area contributed by atoms with Crippen LogP contribution in [0.1, 0.15) is 30.9 Å². The van der Waals surface area contributed by atoms with Crippen LogP contribution in [0.25, 0.3) is 11.6 Å².